The van der Waals surface area contributed by atoms with Crippen molar-refractivity contribution in [2.24, 2.45) is 10.9 Å². The van der Waals surface area contributed by atoms with E-state index in [0.717, 1.165) is 60.7 Å². The number of morpholine rings is 1. The molecule has 2 N–H and O–H groups in total. The quantitative estimate of drug-likeness (QED) is 0.577. The zero-order chi connectivity index (χ0) is 26.0. The number of hydrogen-bond acceptors (Lipinski definition) is 11. The molecule has 3 aliphatic heterocycles. The molecule has 11 nitrogen and oxygen atoms in total. The number of likely N-dealkylation sites (tertiary alicyclic amines) is 1. The smallest absolute Gasteiger partial charge is 0.410 e. The second-order valence-corrected chi connectivity index (χ2v) is 11.8. The van der Waals surface area contributed by atoms with Gasteiger partial charge in [0.15, 0.2) is 5.13 Å². The minimum atomic E-state index is -0.515. The van der Waals surface area contributed by atoms with Gasteiger partial charge >= 0.3 is 6.09 Å². The molecule has 200 valence electrons. The normalized spacial score (nSPS) is 22.1. The molecule has 2 fully saturated rings. The number of hydrogen-bond donors (Lipinski definition) is 2. The highest BCUT2D eigenvalue weighted by Crippen LogP contribution is 2.36. The summed E-state index contributed by atoms with van der Waals surface area (Å²) in [5, 5.41) is 8.56. The summed E-state index contributed by atoms with van der Waals surface area (Å²) in [6.45, 7) is 12.9. The molecule has 2 atom stereocenters. The summed E-state index contributed by atoms with van der Waals surface area (Å²) in [6, 6.07) is 2.02. The predicted molar refractivity (Wildman–Crippen MR) is 144 cm³/mol. The van der Waals surface area contributed by atoms with Gasteiger partial charge in [0, 0.05) is 57.5 Å². The van der Waals surface area contributed by atoms with E-state index >= 15 is 0 Å². The largest absolute Gasteiger partial charge is 0.444 e. The third-order valence-corrected chi connectivity index (χ3v) is 7.24. The highest BCUT2D eigenvalue weighted by molar-refractivity contribution is 7.19. The Morgan fingerprint density at radius 2 is 2.03 bits per heavy atom. The fourth-order valence-corrected chi connectivity index (χ4v) is 5.40. The predicted octanol–water partition coefficient (Wildman–Crippen LogP) is 3.82. The first-order valence-corrected chi connectivity index (χ1v) is 13.8. The molecule has 12 heteroatoms. The lowest BCUT2D eigenvalue weighted by Crippen LogP contribution is -2.37. The van der Waals surface area contributed by atoms with Gasteiger partial charge in [0.25, 0.3) is 0 Å². The minimum absolute atomic E-state index is 0.0435. The number of carbonyl (C=O) groups excluding carboxylic acids is 1. The van der Waals surface area contributed by atoms with Crippen LogP contribution in [0.4, 0.5) is 26.7 Å². The van der Waals surface area contributed by atoms with Crippen LogP contribution in [0, 0.1) is 5.92 Å². The number of carbonyl (C=O) groups is 1. The third kappa shape index (κ3) is 6.93. The molecule has 0 aromatic carbocycles. The van der Waals surface area contributed by atoms with Crippen molar-refractivity contribution in [1.82, 2.24) is 24.8 Å². The van der Waals surface area contributed by atoms with Crippen LogP contribution in [0.2, 0.25) is 0 Å². The maximum absolute atomic E-state index is 12.5. The van der Waals surface area contributed by atoms with Crippen molar-refractivity contribution < 1.29 is 14.3 Å². The number of fused-ring (bicyclic) bond motifs is 1. The number of aromatic nitrogens is 3. The molecular weight excluding hydrogens is 492 g/mol. The third-order valence-electron chi connectivity index (χ3n) is 6.31. The molecule has 2 aromatic heterocycles. The number of amides is 1. The van der Waals surface area contributed by atoms with Gasteiger partial charge in [0.2, 0.25) is 5.95 Å². The van der Waals surface area contributed by atoms with E-state index in [1.54, 1.807) is 4.90 Å². The van der Waals surface area contributed by atoms with Gasteiger partial charge in [0.1, 0.15) is 16.4 Å². The number of anilines is 3. The van der Waals surface area contributed by atoms with Crippen molar-refractivity contribution in [1.29, 1.82) is 0 Å². The molecule has 5 rings (SSSR count). The summed E-state index contributed by atoms with van der Waals surface area (Å²) >= 11 is 1.53. The van der Waals surface area contributed by atoms with Crippen LogP contribution in [0.3, 0.4) is 0 Å². The summed E-state index contributed by atoms with van der Waals surface area (Å²) in [7, 11) is 0. The van der Waals surface area contributed by atoms with Gasteiger partial charge in [-0.3, -0.25) is 4.90 Å². The van der Waals surface area contributed by atoms with E-state index in [-0.39, 0.29) is 12.1 Å². The minimum Gasteiger partial charge on any atom is -0.444 e. The van der Waals surface area contributed by atoms with Crippen molar-refractivity contribution in [2.75, 3.05) is 50.0 Å². The molecule has 0 saturated carbocycles. The zero-order valence-corrected chi connectivity index (χ0v) is 22.8. The van der Waals surface area contributed by atoms with Crippen LogP contribution in [-0.2, 0) is 22.4 Å². The van der Waals surface area contributed by atoms with Crippen LogP contribution < -0.4 is 10.6 Å². The SMILES string of the molecule is CC1C=Nc2sc(Nc3cc(CN4CCOCC4)nc(NC4CCN(C(=O)OC(C)(C)C)C4)n3)nc2C1. The standard InChI is InChI=1S/C25H36N8O3S/c1-16-11-19-21(26-13-16)37-23(29-19)31-20-12-18(14-32-7-9-35-10-8-32)28-22(30-20)27-17-5-6-33(15-17)24(34)36-25(2,3)4/h12-13,16-17H,5-11,14-15H2,1-4H3,(H2,27,28,29,30,31). The average molecular weight is 529 g/mol. The fraction of sp³-hybridized carbons (Fsp3) is 0.640. The van der Waals surface area contributed by atoms with E-state index in [4.69, 9.17) is 24.4 Å². The lowest BCUT2D eigenvalue weighted by molar-refractivity contribution is 0.0293. The number of nitrogens with one attached hydrogen (secondary N) is 2. The second kappa shape index (κ2) is 10.9. The summed E-state index contributed by atoms with van der Waals surface area (Å²) < 4.78 is 11.0. The van der Waals surface area contributed by atoms with E-state index in [9.17, 15) is 4.79 Å². The molecule has 2 saturated heterocycles. The van der Waals surface area contributed by atoms with Crippen molar-refractivity contribution >= 4 is 45.5 Å². The van der Waals surface area contributed by atoms with Crippen LogP contribution in [0.15, 0.2) is 11.1 Å². The van der Waals surface area contributed by atoms with Gasteiger partial charge in [-0.2, -0.15) is 4.98 Å². The van der Waals surface area contributed by atoms with E-state index in [0.29, 0.717) is 37.3 Å². The van der Waals surface area contributed by atoms with Crippen LogP contribution in [0.5, 0.6) is 0 Å². The number of thiazole rings is 1. The van der Waals surface area contributed by atoms with Crippen LogP contribution in [0.25, 0.3) is 0 Å². The molecule has 0 spiro atoms. The Labute approximate surface area is 221 Å². The molecule has 2 aromatic rings. The van der Waals surface area contributed by atoms with Gasteiger partial charge in [-0.25, -0.2) is 19.8 Å². The van der Waals surface area contributed by atoms with Crippen LogP contribution in [0.1, 0.15) is 45.5 Å². The highest BCUT2D eigenvalue weighted by atomic mass is 32.1. The Morgan fingerprint density at radius 1 is 1.22 bits per heavy atom. The summed E-state index contributed by atoms with van der Waals surface area (Å²) in [6.07, 6.45) is 3.39. The number of aliphatic imine (C=N–C) groups is 1. The van der Waals surface area contributed by atoms with Gasteiger partial charge < -0.3 is 25.0 Å². The van der Waals surface area contributed by atoms with Crippen LogP contribution >= 0.6 is 11.3 Å². The van der Waals surface area contributed by atoms with E-state index in [1.807, 2.05) is 33.1 Å². The van der Waals surface area contributed by atoms with E-state index in [2.05, 4.69) is 27.4 Å². The Hall–Kier alpha value is -2.83. The summed E-state index contributed by atoms with van der Waals surface area (Å²) in [5.41, 5.74) is 1.42. The number of rotatable bonds is 6. The monoisotopic (exact) mass is 528 g/mol. The molecule has 2 unspecified atom stereocenters. The lowest BCUT2D eigenvalue weighted by Gasteiger charge is -2.26. The van der Waals surface area contributed by atoms with Crippen molar-refractivity contribution in [3.05, 3.63) is 17.5 Å². The van der Waals surface area contributed by atoms with Gasteiger partial charge in [-0.15, -0.1) is 0 Å². The molecule has 5 heterocycles. The first-order chi connectivity index (χ1) is 17.7. The molecular formula is C25H36N8O3S. The Balaban J connectivity index is 1.31. The van der Waals surface area contributed by atoms with Gasteiger partial charge in [-0.05, 0) is 33.1 Å². The number of nitrogens with zero attached hydrogens (tertiary/aromatic N) is 6. The van der Waals surface area contributed by atoms with Gasteiger partial charge in [0.05, 0.1) is 24.6 Å². The Bertz CT molecular complexity index is 1140. The maximum atomic E-state index is 12.5. The highest BCUT2D eigenvalue weighted by Gasteiger charge is 2.30. The summed E-state index contributed by atoms with van der Waals surface area (Å²) in [4.78, 5) is 35.4. The van der Waals surface area contributed by atoms with Gasteiger partial charge in [-0.1, -0.05) is 18.3 Å². The van der Waals surface area contributed by atoms with Crippen molar-refractivity contribution in [3.63, 3.8) is 0 Å². The Morgan fingerprint density at radius 3 is 2.81 bits per heavy atom. The average Bonchev–Trinajstić information content (AvgIpc) is 3.45. The molecule has 1 amide bonds. The first-order valence-electron chi connectivity index (χ1n) is 12.9. The summed E-state index contributed by atoms with van der Waals surface area (Å²) in [5.74, 6) is 1.62. The van der Waals surface area contributed by atoms with Crippen LogP contribution in [-0.4, -0.2) is 88.1 Å². The van der Waals surface area contributed by atoms with Crippen molar-refractivity contribution in [3.8, 4) is 0 Å². The zero-order valence-electron chi connectivity index (χ0n) is 22.0. The first kappa shape index (κ1) is 25.8. The molecule has 0 radical (unpaired) electrons. The topological polar surface area (TPSA) is 117 Å². The molecule has 0 bridgehead atoms. The maximum Gasteiger partial charge on any atom is 0.410 e. The molecule has 37 heavy (non-hydrogen) atoms. The van der Waals surface area contributed by atoms with E-state index in [1.165, 1.54) is 11.3 Å². The van der Waals surface area contributed by atoms with E-state index < -0.39 is 5.60 Å². The Kier molecular flexibility index (Phi) is 7.59. The molecule has 3 aliphatic rings. The number of ether oxygens (including phenoxy) is 2. The lowest BCUT2D eigenvalue weighted by atomic mass is 10.1. The second-order valence-electron chi connectivity index (χ2n) is 10.9. The fourth-order valence-electron chi connectivity index (χ4n) is 4.54. The van der Waals surface area contributed by atoms with Crippen molar-refractivity contribution in [2.45, 2.75) is 58.7 Å². The molecule has 0 aliphatic carbocycles.